The molecule has 44 heteroatoms. The lowest BCUT2D eigenvalue weighted by molar-refractivity contribution is -0.193. The van der Waals surface area contributed by atoms with Crippen molar-refractivity contribution in [2.45, 2.75) is 109 Å². The van der Waals surface area contributed by atoms with E-state index in [1.54, 1.807) is 0 Å². The molecule has 0 aromatic carbocycles. The Morgan fingerprint density at radius 1 is 0.212 bits per heavy atom. The lowest BCUT2D eigenvalue weighted by Gasteiger charge is -2.34. The summed E-state index contributed by atoms with van der Waals surface area (Å²) in [4.78, 5) is 289. The van der Waals surface area contributed by atoms with E-state index in [1.165, 1.54) is 26.2 Å². The number of hydrogen-bond acceptors (Lipinski definition) is 44. The quantitative estimate of drug-likeness (QED) is 0.0637. The molecule has 0 rings (SSSR count). The van der Waals surface area contributed by atoms with Crippen LogP contribution in [0.3, 0.4) is 0 Å². The Hall–Kier alpha value is -10.4. The first-order valence-corrected chi connectivity index (χ1v) is 32.2. The molecule has 0 aliphatic rings. The summed E-state index contributed by atoms with van der Waals surface area (Å²) in [6, 6.07) is 1.97. The molecule has 0 amide bonds. The van der Waals surface area contributed by atoms with Crippen molar-refractivity contribution in [3.05, 3.63) is 0 Å². The summed E-state index contributed by atoms with van der Waals surface area (Å²) in [5, 5.41) is 0. The highest BCUT2D eigenvalue weighted by atomic mass is 16.3. The molecule has 0 radical (unpaired) electrons. The molecule has 0 fully saturated rings. The van der Waals surface area contributed by atoms with Crippen molar-refractivity contribution in [3.8, 4) is 0 Å². The van der Waals surface area contributed by atoms with Crippen LogP contribution in [-0.2, 0) is 153 Å². The maximum atomic E-state index is 8.12. The maximum absolute atomic E-state index is 8.12. The predicted octanol–water partition coefficient (Wildman–Crippen LogP) is -2.87. The molecule has 3 atom stereocenters. The average Bonchev–Trinajstić information content (AvgIpc) is 0.918. The van der Waals surface area contributed by atoms with Crippen LogP contribution in [0.15, 0.2) is 0 Å². The number of likely N-dealkylation sites (N-methyl/N-ethyl adjacent to an activating group) is 11. The number of carbonyl (C=O) groups excluding carboxylic acids is 32. The van der Waals surface area contributed by atoms with E-state index in [-0.39, 0.29) is 106 Å². The highest BCUT2D eigenvalue weighted by molar-refractivity contribution is 5.23. The molecule has 0 spiro atoms. The van der Waals surface area contributed by atoms with Crippen LogP contribution in [0.1, 0.15) is 90.5 Å². The summed E-state index contributed by atoms with van der Waals surface area (Å²) < 4.78 is 0. The Morgan fingerprint density at radius 2 is 0.416 bits per heavy atom. The Bertz CT molecular complexity index is 2100. The first kappa shape index (κ1) is 159. The Balaban J connectivity index is -0.0000000440. The molecule has 0 aromatic rings. The lowest BCUT2D eigenvalue weighted by Crippen LogP contribution is -2.45. The van der Waals surface area contributed by atoms with Gasteiger partial charge in [-0.3, -0.25) is 0 Å². The van der Waals surface area contributed by atoms with E-state index in [1.807, 2.05) is 0 Å². The van der Waals surface area contributed by atoms with E-state index >= 15 is 0 Å². The number of nitrogens with zero attached hydrogens (tertiary/aromatic N) is 12. The highest BCUT2D eigenvalue weighted by Gasteiger charge is 2.20. The van der Waals surface area contributed by atoms with Gasteiger partial charge < -0.3 is 58.8 Å². The Morgan fingerprint density at radius 3 is 0.628 bits per heavy atom. The third kappa shape index (κ3) is 266. The fourth-order valence-electron chi connectivity index (χ4n) is 6.91. The van der Waals surface area contributed by atoms with Crippen molar-refractivity contribution >= 4 is 98.4 Å². The van der Waals surface area contributed by atoms with Gasteiger partial charge in [0.1, 0.15) is 0 Å². The monoisotopic (exact) mass is 1640 g/mol. The van der Waals surface area contributed by atoms with Gasteiger partial charge in [-0.2, -0.15) is 153 Å². The molecule has 0 N–H and O–H groups in total. The smallest absolute Gasteiger partial charge is 0.308 e. The molecular formula is C69H128N12O32. The Labute approximate surface area is 664 Å². The summed E-state index contributed by atoms with van der Waals surface area (Å²) in [5.41, 5.74) is 0. The van der Waals surface area contributed by atoms with Gasteiger partial charge in [0.2, 0.25) is 0 Å². The van der Waals surface area contributed by atoms with Gasteiger partial charge in [0, 0.05) is 116 Å². The minimum absolute atomic E-state index is 0. The van der Waals surface area contributed by atoms with Crippen LogP contribution in [0.2, 0.25) is 0 Å². The molecule has 44 nitrogen and oxygen atoms in total. The van der Waals surface area contributed by atoms with E-state index in [4.69, 9.17) is 153 Å². The molecule has 0 heterocycles. The fourth-order valence-corrected chi connectivity index (χ4v) is 6.91. The lowest BCUT2D eigenvalue weighted by atomic mass is 10.0. The van der Waals surface area contributed by atoms with Crippen LogP contribution in [0.25, 0.3) is 0 Å². The van der Waals surface area contributed by atoms with Gasteiger partial charge in [-0.1, -0.05) is 83.6 Å². The van der Waals surface area contributed by atoms with Gasteiger partial charge in [0.15, 0.2) is 0 Å². The maximum Gasteiger partial charge on any atom is 0.373 e. The third-order valence-corrected chi connectivity index (χ3v) is 12.8. The largest absolute Gasteiger partial charge is 0.373 e. The zero-order chi connectivity index (χ0) is 94.0. The highest BCUT2D eigenvalue weighted by Crippen LogP contribution is 2.11. The number of hydrogen-bond donors (Lipinski definition) is 0. The SMILES string of the molecule is C.CC(C)C(C)N(C)CCN(C)CCN(C)C.CCN(C)CCN(C)C(CN(C)C)C(C)C.CCN(C)CCN(C)CC(C(C)C)N(C)C.CCN(C)CCN(CCN(C)C)CC(C)C.O=C=O.O=C=O.O=C=O.O=C=O.O=C=O.O=C=O.O=C=O.O=C=O.O=C=O.O=C=O.O=C=O.O=C=O.O=C=O.O=C=O.O=C=O.O=C=O. The fraction of sp³-hybridized carbons (Fsp3) is 0.768. The van der Waals surface area contributed by atoms with Crippen molar-refractivity contribution in [3.63, 3.8) is 0 Å². The first-order valence-electron chi connectivity index (χ1n) is 32.2. The number of rotatable bonds is 33. The minimum atomic E-state index is 0. The molecule has 0 aromatic heterocycles. The normalized spacial score (nSPS) is 9.02. The zero-order valence-electron chi connectivity index (χ0n) is 70.2. The molecule has 656 valence electrons. The average molecular weight is 1640 g/mol. The topological polar surface area (TPSA) is 585 Å². The second-order valence-electron chi connectivity index (χ2n) is 23.2. The summed E-state index contributed by atoms with van der Waals surface area (Å²) >= 11 is 0. The Kier molecular flexibility index (Phi) is 223. The van der Waals surface area contributed by atoms with Crippen LogP contribution in [0, 0.1) is 23.7 Å². The van der Waals surface area contributed by atoms with Gasteiger partial charge in [-0.25, -0.2) is 0 Å². The second-order valence-corrected chi connectivity index (χ2v) is 23.2. The van der Waals surface area contributed by atoms with Crippen LogP contribution in [0.5, 0.6) is 0 Å². The molecule has 0 bridgehead atoms. The van der Waals surface area contributed by atoms with Crippen LogP contribution in [0.4, 0.5) is 0 Å². The molecular weight excluding hydrogens is 1510 g/mol. The van der Waals surface area contributed by atoms with Crippen molar-refractivity contribution < 1.29 is 153 Å². The van der Waals surface area contributed by atoms with Gasteiger partial charge in [-0.05, 0) is 156 Å². The molecule has 0 saturated heterocycles. The van der Waals surface area contributed by atoms with E-state index < -0.39 is 0 Å². The standard InChI is InChI=1S/4C13H31N3.16CO2.CH4/c1-12(2)13(3)16(7)11-10-15(6)9-8-14(4)5;1-8-15(6)9-10-16(7)11-13(12(2)3)14(4)5;1-8-15(6)9-10-16(7)13(12(2)3)11-14(4)5;1-7-15(6)9-11-16(12-13(2)3)10-8-14(4)5;16*2-1-3;/h3*12-13H,8-11H2,1-7H3;13H,7-12H2,1-6H3;;;;;;;;;;;;;;;;;1H4. The molecule has 0 aliphatic carbocycles. The van der Waals surface area contributed by atoms with E-state index in [0.29, 0.717) is 30.0 Å². The van der Waals surface area contributed by atoms with E-state index in [0.717, 1.165) is 103 Å². The van der Waals surface area contributed by atoms with Crippen molar-refractivity contribution in [2.24, 2.45) is 23.7 Å². The van der Waals surface area contributed by atoms with Gasteiger partial charge in [0.25, 0.3) is 0 Å². The predicted molar refractivity (Wildman–Crippen MR) is 379 cm³/mol. The molecule has 0 saturated carbocycles. The summed E-state index contributed by atoms with van der Waals surface area (Å²) in [6.45, 7) is 48.2. The van der Waals surface area contributed by atoms with Gasteiger partial charge >= 0.3 is 98.4 Å². The van der Waals surface area contributed by atoms with Gasteiger partial charge in [-0.15, -0.1) is 0 Å². The van der Waals surface area contributed by atoms with E-state index in [9.17, 15) is 0 Å². The van der Waals surface area contributed by atoms with Crippen LogP contribution in [-0.4, -0.2) is 399 Å². The zero-order valence-corrected chi connectivity index (χ0v) is 70.2. The molecule has 3 unspecified atom stereocenters. The molecule has 0 aliphatic heterocycles. The minimum Gasteiger partial charge on any atom is -0.308 e. The summed E-state index contributed by atoms with van der Waals surface area (Å²) in [6.07, 6.45) is 4.00. The molecule has 113 heavy (non-hydrogen) atoms. The van der Waals surface area contributed by atoms with Crippen molar-refractivity contribution in [1.82, 2.24) is 58.8 Å². The summed E-state index contributed by atoms with van der Waals surface area (Å²) in [7, 11) is 32.7. The first-order chi connectivity index (χ1) is 52.2. The third-order valence-electron chi connectivity index (χ3n) is 12.8. The summed E-state index contributed by atoms with van der Waals surface area (Å²) in [5.74, 6) is 2.91. The van der Waals surface area contributed by atoms with E-state index in [2.05, 4.69) is 248 Å². The van der Waals surface area contributed by atoms with Gasteiger partial charge in [0.05, 0.1) is 0 Å². The van der Waals surface area contributed by atoms with Crippen LogP contribution >= 0.6 is 0 Å². The van der Waals surface area contributed by atoms with Crippen LogP contribution < -0.4 is 0 Å². The van der Waals surface area contributed by atoms with Crippen molar-refractivity contribution in [2.75, 3.05) is 224 Å². The second kappa shape index (κ2) is 158. The van der Waals surface area contributed by atoms with Crippen molar-refractivity contribution in [1.29, 1.82) is 0 Å².